The maximum absolute atomic E-state index is 12.2. The highest BCUT2D eigenvalue weighted by atomic mass is 16.6. The molecule has 2 aromatic rings. The average molecular weight is 352 g/mol. The summed E-state index contributed by atoms with van der Waals surface area (Å²) in [5.41, 5.74) is 1.14. The second kappa shape index (κ2) is 7.81. The number of aromatic hydroxyl groups is 1. The van der Waals surface area contributed by atoms with Crippen molar-refractivity contribution in [3.05, 3.63) is 63.7 Å². The van der Waals surface area contributed by atoms with E-state index in [9.17, 15) is 25.3 Å². The van der Waals surface area contributed by atoms with Gasteiger partial charge in [0.15, 0.2) is 0 Å². The number of nitrogens with zero attached hydrogens (tertiary/aromatic N) is 3. The molecule has 2 aromatic carbocycles. The number of hydrogen-bond acceptors (Lipinski definition) is 6. The Kier molecular flexibility index (Phi) is 5.55. The summed E-state index contributed by atoms with van der Waals surface area (Å²) in [5.74, 6) is -1.19. The van der Waals surface area contributed by atoms with Crippen molar-refractivity contribution in [2.45, 2.75) is 0 Å². The number of nitro groups is 1. The van der Waals surface area contributed by atoms with Gasteiger partial charge in [0.05, 0.1) is 16.7 Å². The summed E-state index contributed by atoms with van der Waals surface area (Å²) in [4.78, 5) is 24.2. The van der Waals surface area contributed by atoms with Crippen LogP contribution in [0, 0.1) is 21.4 Å². The number of amides is 1. The van der Waals surface area contributed by atoms with Gasteiger partial charge in [0, 0.05) is 25.8 Å². The Morgan fingerprint density at radius 2 is 1.92 bits per heavy atom. The summed E-state index contributed by atoms with van der Waals surface area (Å²) < 4.78 is 0. The van der Waals surface area contributed by atoms with E-state index in [0.29, 0.717) is 5.56 Å². The minimum absolute atomic E-state index is 0.0234. The number of nitriles is 1. The molecule has 0 spiro atoms. The molecule has 1 amide bonds. The van der Waals surface area contributed by atoms with Gasteiger partial charge in [-0.15, -0.1) is 0 Å². The number of hydrogen-bond donors (Lipinski definition) is 2. The average Bonchev–Trinajstić information content (AvgIpc) is 2.61. The fourth-order valence-corrected chi connectivity index (χ4v) is 2.11. The molecule has 0 saturated carbocycles. The van der Waals surface area contributed by atoms with E-state index in [1.807, 2.05) is 31.1 Å². The first-order valence-electron chi connectivity index (χ1n) is 7.49. The van der Waals surface area contributed by atoms with E-state index in [-0.39, 0.29) is 16.9 Å². The summed E-state index contributed by atoms with van der Waals surface area (Å²) in [5, 5.41) is 32.0. The molecule has 0 radical (unpaired) electrons. The van der Waals surface area contributed by atoms with Crippen molar-refractivity contribution >= 4 is 29.0 Å². The normalized spacial score (nSPS) is 10.7. The summed E-state index contributed by atoms with van der Waals surface area (Å²) in [6.07, 6.45) is 1.41. The molecule has 0 fully saturated rings. The van der Waals surface area contributed by atoms with Crippen LogP contribution in [-0.2, 0) is 4.79 Å². The van der Waals surface area contributed by atoms with Crippen molar-refractivity contribution in [1.82, 2.24) is 0 Å². The monoisotopic (exact) mass is 352 g/mol. The molecular formula is C18H16N4O4. The number of benzene rings is 2. The molecule has 0 bridgehead atoms. The molecule has 2 N–H and O–H groups in total. The number of non-ortho nitro benzene ring substituents is 1. The molecule has 0 atom stereocenters. The van der Waals surface area contributed by atoms with Crippen LogP contribution in [0.15, 0.2) is 48.0 Å². The zero-order valence-corrected chi connectivity index (χ0v) is 14.1. The number of phenols is 1. The first kappa shape index (κ1) is 18.5. The van der Waals surface area contributed by atoms with Crippen molar-refractivity contribution in [3.8, 4) is 11.8 Å². The van der Waals surface area contributed by atoms with E-state index < -0.39 is 16.6 Å². The molecule has 0 aliphatic heterocycles. The van der Waals surface area contributed by atoms with Crippen LogP contribution in [0.4, 0.5) is 17.1 Å². The number of nitrogens with one attached hydrogen (secondary N) is 1. The standard InChI is InChI=1S/C18H16N4O4/c1-21(2)14-5-3-12(4-6-14)9-13(11-19)18(24)20-16-8-7-15(22(25)26)10-17(16)23/h3-10,23H,1-2H3,(H,20,24). The summed E-state index contributed by atoms with van der Waals surface area (Å²) in [6.45, 7) is 0. The van der Waals surface area contributed by atoms with Crippen molar-refractivity contribution in [3.63, 3.8) is 0 Å². The number of carbonyl (C=O) groups excluding carboxylic acids is 1. The number of phenolic OH excluding ortho intramolecular Hbond substituents is 1. The molecule has 132 valence electrons. The third-order valence-electron chi connectivity index (χ3n) is 3.53. The lowest BCUT2D eigenvalue weighted by atomic mass is 10.1. The predicted molar refractivity (Wildman–Crippen MR) is 97.7 cm³/mol. The number of carbonyl (C=O) groups is 1. The van der Waals surface area contributed by atoms with E-state index >= 15 is 0 Å². The van der Waals surface area contributed by atoms with E-state index in [1.165, 1.54) is 12.1 Å². The van der Waals surface area contributed by atoms with Crippen LogP contribution in [0.1, 0.15) is 5.56 Å². The predicted octanol–water partition coefficient (Wildman–Crippen LogP) is 2.91. The Morgan fingerprint density at radius 1 is 1.27 bits per heavy atom. The van der Waals surface area contributed by atoms with Crippen molar-refractivity contribution in [2.75, 3.05) is 24.3 Å². The van der Waals surface area contributed by atoms with E-state index in [4.69, 9.17) is 0 Å². The SMILES string of the molecule is CN(C)c1ccc(C=C(C#N)C(=O)Nc2ccc([N+](=O)[O-])cc2O)cc1. The zero-order valence-electron chi connectivity index (χ0n) is 14.1. The molecule has 0 aliphatic rings. The maximum Gasteiger partial charge on any atom is 0.273 e. The molecule has 8 heteroatoms. The van der Waals surface area contributed by atoms with E-state index in [0.717, 1.165) is 17.8 Å². The van der Waals surface area contributed by atoms with Gasteiger partial charge in [-0.3, -0.25) is 14.9 Å². The fraction of sp³-hybridized carbons (Fsp3) is 0.111. The van der Waals surface area contributed by atoms with Crippen molar-refractivity contribution in [2.24, 2.45) is 0 Å². The lowest BCUT2D eigenvalue weighted by molar-refractivity contribution is -0.384. The summed E-state index contributed by atoms with van der Waals surface area (Å²) >= 11 is 0. The maximum atomic E-state index is 12.2. The molecular weight excluding hydrogens is 336 g/mol. The van der Waals surface area contributed by atoms with Crippen LogP contribution in [0.25, 0.3) is 6.08 Å². The second-order valence-electron chi connectivity index (χ2n) is 5.57. The molecule has 8 nitrogen and oxygen atoms in total. The Balaban J connectivity index is 2.21. The third-order valence-corrected chi connectivity index (χ3v) is 3.53. The quantitative estimate of drug-likeness (QED) is 0.281. The second-order valence-corrected chi connectivity index (χ2v) is 5.57. The smallest absolute Gasteiger partial charge is 0.273 e. The van der Waals surface area contributed by atoms with Crippen LogP contribution in [0.5, 0.6) is 5.75 Å². The highest BCUT2D eigenvalue weighted by molar-refractivity contribution is 6.10. The van der Waals surface area contributed by atoms with Crippen LogP contribution < -0.4 is 10.2 Å². The molecule has 0 saturated heterocycles. The van der Waals surface area contributed by atoms with Gasteiger partial charge in [0.25, 0.3) is 11.6 Å². The number of nitro benzene ring substituents is 1. The van der Waals surface area contributed by atoms with Gasteiger partial charge < -0.3 is 15.3 Å². The molecule has 2 rings (SSSR count). The first-order chi connectivity index (χ1) is 12.3. The molecule has 0 aliphatic carbocycles. The van der Waals surface area contributed by atoms with Gasteiger partial charge in [0.2, 0.25) is 0 Å². The fourth-order valence-electron chi connectivity index (χ4n) is 2.11. The largest absolute Gasteiger partial charge is 0.506 e. The van der Waals surface area contributed by atoms with Crippen LogP contribution in [0.2, 0.25) is 0 Å². The van der Waals surface area contributed by atoms with Crippen LogP contribution in [0.3, 0.4) is 0 Å². The van der Waals surface area contributed by atoms with Crippen molar-refractivity contribution in [1.29, 1.82) is 5.26 Å². The Hall–Kier alpha value is -3.86. The van der Waals surface area contributed by atoms with Crippen LogP contribution in [-0.4, -0.2) is 30.0 Å². The van der Waals surface area contributed by atoms with Gasteiger partial charge in [0.1, 0.15) is 17.4 Å². The minimum atomic E-state index is -0.728. The molecule has 0 unspecified atom stereocenters. The summed E-state index contributed by atoms with van der Waals surface area (Å²) in [7, 11) is 3.80. The molecule has 0 heterocycles. The third kappa shape index (κ3) is 4.36. The lowest BCUT2D eigenvalue weighted by Gasteiger charge is -2.12. The molecule has 0 aromatic heterocycles. The minimum Gasteiger partial charge on any atom is -0.506 e. The van der Waals surface area contributed by atoms with Gasteiger partial charge in [-0.2, -0.15) is 5.26 Å². The van der Waals surface area contributed by atoms with Crippen LogP contribution >= 0.6 is 0 Å². The molecule has 26 heavy (non-hydrogen) atoms. The van der Waals surface area contributed by atoms with Gasteiger partial charge in [-0.05, 0) is 29.8 Å². The Labute approximate surface area is 149 Å². The first-order valence-corrected chi connectivity index (χ1v) is 7.49. The number of rotatable bonds is 5. The topological polar surface area (TPSA) is 120 Å². The highest BCUT2D eigenvalue weighted by Crippen LogP contribution is 2.28. The Bertz CT molecular complexity index is 912. The lowest BCUT2D eigenvalue weighted by Crippen LogP contribution is -2.13. The summed E-state index contributed by atoms with van der Waals surface area (Å²) in [6, 6.07) is 12.3. The Morgan fingerprint density at radius 3 is 2.42 bits per heavy atom. The van der Waals surface area contributed by atoms with Gasteiger partial charge in [-0.1, -0.05) is 12.1 Å². The zero-order chi connectivity index (χ0) is 19.3. The highest BCUT2D eigenvalue weighted by Gasteiger charge is 2.15. The van der Waals surface area contributed by atoms with E-state index in [2.05, 4.69) is 5.32 Å². The van der Waals surface area contributed by atoms with Gasteiger partial charge >= 0.3 is 0 Å². The van der Waals surface area contributed by atoms with Gasteiger partial charge in [-0.25, -0.2) is 0 Å². The van der Waals surface area contributed by atoms with E-state index in [1.54, 1.807) is 18.2 Å². The van der Waals surface area contributed by atoms with Crippen molar-refractivity contribution < 1.29 is 14.8 Å². The number of anilines is 2.